The third-order valence-corrected chi connectivity index (χ3v) is 2.53. The first-order valence-corrected chi connectivity index (χ1v) is 5.89. The lowest BCUT2D eigenvalue weighted by atomic mass is 10.0. The van der Waals surface area contributed by atoms with Crippen molar-refractivity contribution in [1.82, 2.24) is 15.0 Å². The molecule has 1 aromatic heterocycles. The summed E-state index contributed by atoms with van der Waals surface area (Å²) in [5.74, 6) is 0. The van der Waals surface area contributed by atoms with Crippen molar-refractivity contribution < 1.29 is 4.74 Å². The SMILES string of the molecule is CCCC(OCC)C(N)Cc1cn(C)nn1. The average Bonchev–Trinajstić information content (AvgIpc) is 2.63. The molecule has 0 saturated heterocycles. The Bertz CT molecular complexity index is 294. The van der Waals surface area contributed by atoms with Gasteiger partial charge >= 0.3 is 0 Å². The molecule has 0 aromatic carbocycles. The second kappa shape index (κ2) is 6.60. The van der Waals surface area contributed by atoms with E-state index in [2.05, 4.69) is 17.2 Å². The van der Waals surface area contributed by atoms with Crippen LogP contribution in [-0.2, 0) is 18.2 Å². The number of ether oxygens (including phenoxy) is 1. The molecule has 0 aliphatic rings. The summed E-state index contributed by atoms with van der Waals surface area (Å²) in [6.45, 7) is 4.84. The summed E-state index contributed by atoms with van der Waals surface area (Å²) in [5.41, 5.74) is 7.06. The first kappa shape index (κ1) is 13.1. The van der Waals surface area contributed by atoms with E-state index in [4.69, 9.17) is 10.5 Å². The molecule has 2 unspecified atom stereocenters. The van der Waals surface area contributed by atoms with Crippen LogP contribution in [0.4, 0.5) is 0 Å². The number of aryl methyl sites for hydroxylation is 1. The molecule has 2 N–H and O–H groups in total. The van der Waals surface area contributed by atoms with Crippen molar-refractivity contribution in [3.63, 3.8) is 0 Å². The molecule has 5 nitrogen and oxygen atoms in total. The topological polar surface area (TPSA) is 66.0 Å². The van der Waals surface area contributed by atoms with Crippen LogP contribution in [0.3, 0.4) is 0 Å². The lowest BCUT2D eigenvalue weighted by Gasteiger charge is -2.22. The summed E-state index contributed by atoms with van der Waals surface area (Å²) in [6, 6.07) is -0.00315. The van der Waals surface area contributed by atoms with Gasteiger partial charge in [-0.2, -0.15) is 0 Å². The van der Waals surface area contributed by atoms with Crippen LogP contribution in [-0.4, -0.2) is 33.7 Å². The number of nitrogens with two attached hydrogens (primary N) is 1. The molecule has 1 aromatic rings. The predicted octanol–water partition coefficient (Wildman–Crippen LogP) is 0.890. The van der Waals surface area contributed by atoms with Gasteiger partial charge in [0.05, 0.1) is 11.8 Å². The van der Waals surface area contributed by atoms with Gasteiger partial charge < -0.3 is 10.5 Å². The van der Waals surface area contributed by atoms with Crippen molar-refractivity contribution in [1.29, 1.82) is 0 Å². The van der Waals surface area contributed by atoms with Crippen molar-refractivity contribution in [3.05, 3.63) is 11.9 Å². The summed E-state index contributed by atoms with van der Waals surface area (Å²) >= 11 is 0. The highest BCUT2D eigenvalue weighted by atomic mass is 16.5. The summed E-state index contributed by atoms with van der Waals surface area (Å²) in [5, 5.41) is 7.93. The minimum atomic E-state index is -0.00315. The van der Waals surface area contributed by atoms with Gasteiger partial charge in [-0.1, -0.05) is 18.6 Å². The van der Waals surface area contributed by atoms with Crippen LogP contribution in [0.5, 0.6) is 0 Å². The summed E-state index contributed by atoms with van der Waals surface area (Å²) < 4.78 is 7.34. The summed E-state index contributed by atoms with van der Waals surface area (Å²) in [4.78, 5) is 0. The largest absolute Gasteiger partial charge is 0.377 e. The van der Waals surface area contributed by atoms with E-state index in [0.29, 0.717) is 6.61 Å². The molecule has 0 amide bonds. The molecule has 92 valence electrons. The molecule has 5 heteroatoms. The first-order valence-electron chi connectivity index (χ1n) is 5.89. The van der Waals surface area contributed by atoms with Gasteiger partial charge in [0.2, 0.25) is 0 Å². The lowest BCUT2D eigenvalue weighted by Crippen LogP contribution is -2.38. The van der Waals surface area contributed by atoms with E-state index in [-0.39, 0.29) is 12.1 Å². The molecule has 16 heavy (non-hydrogen) atoms. The van der Waals surface area contributed by atoms with E-state index >= 15 is 0 Å². The molecule has 0 aliphatic heterocycles. The number of hydrogen-bond acceptors (Lipinski definition) is 4. The summed E-state index contributed by atoms with van der Waals surface area (Å²) in [7, 11) is 1.86. The third-order valence-electron chi connectivity index (χ3n) is 2.53. The zero-order valence-electron chi connectivity index (χ0n) is 10.4. The predicted molar refractivity (Wildman–Crippen MR) is 63.0 cm³/mol. The number of rotatable bonds is 7. The normalized spacial score (nSPS) is 15.0. The number of aromatic nitrogens is 3. The van der Waals surface area contributed by atoms with Gasteiger partial charge in [0.1, 0.15) is 0 Å². The van der Waals surface area contributed by atoms with Gasteiger partial charge in [0.15, 0.2) is 0 Å². The van der Waals surface area contributed by atoms with E-state index in [0.717, 1.165) is 25.0 Å². The van der Waals surface area contributed by atoms with Crippen LogP contribution in [0.1, 0.15) is 32.4 Å². The Morgan fingerprint density at radius 3 is 2.75 bits per heavy atom. The van der Waals surface area contributed by atoms with Crippen molar-refractivity contribution in [2.24, 2.45) is 12.8 Å². The summed E-state index contributed by atoms with van der Waals surface area (Å²) in [6.07, 6.45) is 4.82. The highest BCUT2D eigenvalue weighted by molar-refractivity contribution is 4.96. The van der Waals surface area contributed by atoms with Gasteiger partial charge in [0, 0.05) is 32.3 Å². The Morgan fingerprint density at radius 1 is 1.50 bits per heavy atom. The Balaban J connectivity index is 2.50. The zero-order valence-corrected chi connectivity index (χ0v) is 10.4. The standard InChI is InChI=1S/C11H22N4O/c1-4-6-11(16-5-2)10(12)7-9-8-15(3)14-13-9/h8,10-11H,4-7,12H2,1-3H3. The fourth-order valence-corrected chi connectivity index (χ4v) is 1.78. The van der Waals surface area contributed by atoms with Crippen molar-refractivity contribution >= 4 is 0 Å². The minimum absolute atomic E-state index is 0.00315. The van der Waals surface area contributed by atoms with Gasteiger partial charge in [-0.3, -0.25) is 4.68 Å². The number of hydrogen-bond donors (Lipinski definition) is 1. The fourth-order valence-electron chi connectivity index (χ4n) is 1.78. The molecule has 0 fully saturated rings. The zero-order chi connectivity index (χ0) is 12.0. The molecular formula is C11H22N4O. The first-order chi connectivity index (χ1) is 7.67. The van der Waals surface area contributed by atoms with Crippen LogP contribution < -0.4 is 5.73 Å². The molecule has 1 rings (SSSR count). The van der Waals surface area contributed by atoms with Gasteiger partial charge in [-0.05, 0) is 13.3 Å². The maximum absolute atomic E-state index is 6.13. The second-order valence-corrected chi connectivity index (χ2v) is 4.03. The van der Waals surface area contributed by atoms with Gasteiger partial charge in [-0.15, -0.1) is 5.10 Å². The Kier molecular flexibility index (Phi) is 5.42. The Labute approximate surface area is 97.0 Å². The van der Waals surface area contributed by atoms with Gasteiger partial charge in [-0.25, -0.2) is 0 Å². The molecule has 0 bridgehead atoms. The van der Waals surface area contributed by atoms with Crippen LogP contribution in [0.15, 0.2) is 6.20 Å². The molecule has 0 saturated carbocycles. The Morgan fingerprint density at radius 2 is 2.25 bits per heavy atom. The van der Waals surface area contributed by atoms with Crippen LogP contribution in [0.2, 0.25) is 0 Å². The highest BCUT2D eigenvalue weighted by Crippen LogP contribution is 2.09. The van der Waals surface area contributed by atoms with Crippen LogP contribution >= 0.6 is 0 Å². The quantitative estimate of drug-likeness (QED) is 0.750. The monoisotopic (exact) mass is 226 g/mol. The van der Waals surface area contributed by atoms with E-state index in [1.165, 1.54) is 0 Å². The van der Waals surface area contributed by atoms with E-state index in [1.54, 1.807) is 4.68 Å². The lowest BCUT2D eigenvalue weighted by molar-refractivity contribution is 0.0376. The molecule has 0 spiro atoms. The average molecular weight is 226 g/mol. The maximum Gasteiger partial charge on any atom is 0.0843 e. The molecule has 0 aliphatic carbocycles. The van der Waals surface area contributed by atoms with Crippen molar-refractivity contribution in [2.45, 2.75) is 45.3 Å². The molecule has 1 heterocycles. The van der Waals surface area contributed by atoms with Crippen molar-refractivity contribution in [2.75, 3.05) is 6.61 Å². The van der Waals surface area contributed by atoms with E-state index in [9.17, 15) is 0 Å². The minimum Gasteiger partial charge on any atom is -0.377 e. The van der Waals surface area contributed by atoms with Gasteiger partial charge in [0.25, 0.3) is 0 Å². The molecule has 0 radical (unpaired) electrons. The highest BCUT2D eigenvalue weighted by Gasteiger charge is 2.18. The molecular weight excluding hydrogens is 204 g/mol. The maximum atomic E-state index is 6.13. The smallest absolute Gasteiger partial charge is 0.0843 e. The van der Waals surface area contributed by atoms with E-state index in [1.807, 2.05) is 20.2 Å². The fraction of sp³-hybridized carbons (Fsp3) is 0.818. The Hall–Kier alpha value is -0.940. The van der Waals surface area contributed by atoms with Crippen LogP contribution in [0.25, 0.3) is 0 Å². The number of nitrogens with zero attached hydrogens (tertiary/aromatic N) is 3. The van der Waals surface area contributed by atoms with E-state index < -0.39 is 0 Å². The van der Waals surface area contributed by atoms with Crippen molar-refractivity contribution in [3.8, 4) is 0 Å². The van der Waals surface area contributed by atoms with Crippen LogP contribution in [0, 0.1) is 0 Å². The second-order valence-electron chi connectivity index (χ2n) is 4.03. The molecule has 2 atom stereocenters. The third kappa shape index (κ3) is 3.90.